The van der Waals surface area contributed by atoms with Gasteiger partial charge in [0.25, 0.3) is 11.8 Å². The SMILES string of the molecule is NNC(=O)c1ccccc1N1C(=O)N[C@]2(CCOc3ccc(F)cc32)C1=O. The molecule has 0 unspecified atom stereocenters. The Balaban J connectivity index is 1.84. The van der Waals surface area contributed by atoms with Crippen LogP contribution in [0.4, 0.5) is 14.9 Å². The first-order valence-corrected chi connectivity index (χ1v) is 8.17. The van der Waals surface area contributed by atoms with E-state index in [2.05, 4.69) is 5.32 Å². The van der Waals surface area contributed by atoms with Crippen LogP contribution < -0.4 is 26.2 Å². The number of fused-ring (bicyclic) bond motifs is 2. The summed E-state index contributed by atoms with van der Waals surface area (Å²) in [7, 11) is 0. The number of halogens is 1. The lowest BCUT2D eigenvalue weighted by Crippen LogP contribution is -2.47. The second kappa shape index (κ2) is 6.06. The van der Waals surface area contributed by atoms with Crippen LogP contribution in [-0.4, -0.2) is 24.5 Å². The second-order valence-corrected chi connectivity index (χ2v) is 6.21. The summed E-state index contributed by atoms with van der Waals surface area (Å²) in [5.74, 6) is 3.71. The number of carbonyl (C=O) groups is 3. The first-order chi connectivity index (χ1) is 13.0. The van der Waals surface area contributed by atoms with E-state index in [1.165, 1.54) is 30.3 Å². The monoisotopic (exact) mass is 370 g/mol. The minimum absolute atomic E-state index is 0.0621. The van der Waals surface area contributed by atoms with Crippen molar-refractivity contribution in [1.29, 1.82) is 0 Å². The maximum atomic E-state index is 13.8. The quantitative estimate of drug-likeness (QED) is 0.318. The maximum absolute atomic E-state index is 13.8. The smallest absolute Gasteiger partial charge is 0.329 e. The molecule has 1 fully saturated rings. The standard InChI is InChI=1S/C18H15FN4O4/c19-10-5-6-14-12(9-10)18(7-8-27-14)16(25)23(17(26)21-18)13-4-2-1-3-11(13)15(24)22-20/h1-6,9H,7-8,20H2,(H,21,26)(H,22,24)/t18-/m0/s1. The third-order valence-corrected chi connectivity index (χ3v) is 4.75. The molecule has 8 nitrogen and oxygen atoms in total. The molecule has 0 radical (unpaired) electrons. The molecule has 2 aromatic rings. The van der Waals surface area contributed by atoms with E-state index in [0.717, 1.165) is 4.90 Å². The van der Waals surface area contributed by atoms with Gasteiger partial charge < -0.3 is 10.1 Å². The molecule has 1 saturated heterocycles. The van der Waals surface area contributed by atoms with E-state index in [-0.39, 0.29) is 29.8 Å². The van der Waals surface area contributed by atoms with Gasteiger partial charge in [-0.15, -0.1) is 0 Å². The van der Waals surface area contributed by atoms with Crippen LogP contribution in [0.5, 0.6) is 5.75 Å². The first-order valence-electron chi connectivity index (χ1n) is 8.17. The number of hydrogen-bond acceptors (Lipinski definition) is 5. The Morgan fingerprint density at radius 1 is 1.26 bits per heavy atom. The van der Waals surface area contributed by atoms with Crippen molar-refractivity contribution in [3.05, 3.63) is 59.4 Å². The number of amides is 4. The maximum Gasteiger partial charge on any atom is 0.329 e. The fraction of sp³-hybridized carbons (Fsp3) is 0.167. The van der Waals surface area contributed by atoms with E-state index in [4.69, 9.17) is 10.6 Å². The summed E-state index contributed by atoms with van der Waals surface area (Å²) in [5, 5.41) is 2.66. The van der Waals surface area contributed by atoms with Crippen molar-refractivity contribution in [2.24, 2.45) is 5.84 Å². The van der Waals surface area contributed by atoms with Crippen molar-refractivity contribution in [2.75, 3.05) is 11.5 Å². The van der Waals surface area contributed by atoms with Gasteiger partial charge in [0.2, 0.25) is 0 Å². The Hall–Kier alpha value is -3.46. The summed E-state index contributed by atoms with van der Waals surface area (Å²) in [4.78, 5) is 39.0. The molecule has 0 saturated carbocycles. The van der Waals surface area contributed by atoms with Crippen LogP contribution in [0.15, 0.2) is 42.5 Å². The van der Waals surface area contributed by atoms with Gasteiger partial charge in [-0.1, -0.05) is 12.1 Å². The summed E-state index contributed by atoms with van der Waals surface area (Å²) < 4.78 is 19.3. The molecular formula is C18H15FN4O4. The zero-order valence-electron chi connectivity index (χ0n) is 14.0. The van der Waals surface area contributed by atoms with Gasteiger partial charge in [-0.3, -0.25) is 15.0 Å². The zero-order valence-corrected chi connectivity index (χ0v) is 14.0. The molecule has 0 aliphatic carbocycles. The van der Waals surface area contributed by atoms with Crippen LogP contribution in [0, 0.1) is 5.82 Å². The molecule has 2 heterocycles. The average Bonchev–Trinajstić information content (AvgIpc) is 2.92. The summed E-state index contributed by atoms with van der Waals surface area (Å²) in [5.41, 5.74) is 0.927. The number of nitrogens with one attached hydrogen (secondary N) is 2. The molecule has 2 aliphatic rings. The largest absolute Gasteiger partial charge is 0.493 e. The number of hydrazine groups is 1. The predicted molar refractivity (Wildman–Crippen MR) is 92.3 cm³/mol. The molecule has 1 atom stereocenters. The minimum atomic E-state index is -1.46. The molecule has 4 amide bonds. The fourth-order valence-electron chi connectivity index (χ4n) is 3.49. The van der Waals surface area contributed by atoms with Gasteiger partial charge in [0.05, 0.1) is 17.9 Å². The number of para-hydroxylation sites is 1. The van der Waals surface area contributed by atoms with Crippen molar-refractivity contribution in [2.45, 2.75) is 12.0 Å². The van der Waals surface area contributed by atoms with Crippen LogP contribution in [0.3, 0.4) is 0 Å². The highest BCUT2D eigenvalue weighted by atomic mass is 19.1. The summed E-state index contributed by atoms with van der Waals surface area (Å²) in [6.07, 6.45) is 0.135. The lowest BCUT2D eigenvalue weighted by Gasteiger charge is -2.33. The third-order valence-electron chi connectivity index (χ3n) is 4.75. The van der Waals surface area contributed by atoms with Gasteiger partial charge in [0, 0.05) is 12.0 Å². The Morgan fingerprint density at radius 2 is 2.04 bits per heavy atom. The molecule has 4 rings (SSSR count). The molecule has 27 heavy (non-hydrogen) atoms. The van der Waals surface area contributed by atoms with Gasteiger partial charge >= 0.3 is 6.03 Å². The number of nitrogen functional groups attached to an aromatic ring is 1. The van der Waals surface area contributed by atoms with E-state index in [9.17, 15) is 18.8 Å². The number of benzene rings is 2. The average molecular weight is 370 g/mol. The van der Waals surface area contributed by atoms with Crippen molar-refractivity contribution in [3.63, 3.8) is 0 Å². The van der Waals surface area contributed by atoms with E-state index < -0.39 is 29.2 Å². The zero-order chi connectivity index (χ0) is 19.2. The molecule has 9 heteroatoms. The van der Waals surface area contributed by atoms with Gasteiger partial charge in [0.1, 0.15) is 11.6 Å². The topological polar surface area (TPSA) is 114 Å². The molecule has 0 bridgehead atoms. The highest BCUT2D eigenvalue weighted by molar-refractivity contribution is 6.25. The normalized spacial score (nSPS) is 20.9. The first kappa shape index (κ1) is 17.0. The molecular weight excluding hydrogens is 355 g/mol. The lowest BCUT2D eigenvalue weighted by molar-refractivity contribution is -0.123. The van der Waals surface area contributed by atoms with Gasteiger partial charge in [-0.2, -0.15) is 0 Å². The van der Waals surface area contributed by atoms with Crippen LogP contribution in [0.2, 0.25) is 0 Å². The van der Waals surface area contributed by atoms with Gasteiger partial charge in [0.15, 0.2) is 5.54 Å². The summed E-state index contributed by atoms with van der Waals surface area (Å²) in [6, 6.07) is 9.19. The minimum Gasteiger partial charge on any atom is -0.493 e. The Morgan fingerprint density at radius 3 is 2.81 bits per heavy atom. The van der Waals surface area contributed by atoms with Gasteiger partial charge in [-0.25, -0.2) is 19.9 Å². The molecule has 2 aliphatic heterocycles. The van der Waals surface area contributed by atoms with Crippen molar-refractivity contribution >= 4 is 23.5 Å². The van der Waals surface area contributed by atoms with E-state index in [0.29, 0.717) is 5.75 Å². The van der Waals surface area contributed by atoms with E-state index in [1.807, 2.05) is 5.43 Å². The van der Waals surface area contributed by atoms with Crippen LogP contribution in [-0.2, 0) is 10.3 Å². The highest BCUT2D eigenvalue weighted by Gasteiger charge is 2.56. The van der Waals surface area contributed by atoms with Crippen molar-refractivity contribution < 1.29 is 23.5 Å². The molecule has 0 aromatic heterocycles. The third kappa shape index (κ3) is 2.43. The lowest BCUT2D eigenvalue weighted by atomic mass is 9.84. The van der Waals surface area contributed by atoms with E-state index in [1.54, 1.807) is 12.1 Å². The number of anilines is 1. The summed E-state index contributed by atoms with van der Waals surface area (Å²) in [6.45, 7) is 0.170. The number of nitrogens with two attached hydrogens (primary N) is 1. The number of nitrogens with zero attached hydrogens (tertiary/aromatic N) is 1. The summed E-state index contributed by atoms with van der Waals surface area (Å²) >= 11 is 0. The predicted octanol–water partition coefficient (Wildman–Crippen LogP) is 1.16. The Bertz CT molecular complexity index is 980. The Labute approximate surface area is 153 Å². The van der Waals surface area contributed by atoms with Crippen LogP contribution in [0.25, 0.3) is 0 Å². The fourth-order valence-corrected chi connectivity index (χ4v) is 3.49. The number of imide groups is 1. The van der Waals surface area contributed by atoms with Crippen LogP contribution >= 0.6 is 0 Å². The molecule has 138 valence electrons. The highest BCUT2D eigenvalue weighted by Crippen LogP contribution is 2.43. The van der Waals surface area contributed by atoms with Crippen molar-refractivity contribution in [1.82, 2.24) is 10.7 Å². The second-order valence-electron chi connectivity index (χ2n) is 6.21. The molecule has 4 N–H and O–H groups in total. The number of ether oxygens (including phenoxy) is 1. The number of carbonyl (C=O) groups excluding carboxylic acids is 3. The molecule has 2 aromatic carbocycles. The van der Waals surface area contributed by atoms with Gasteiger partial charge in [-0.05, 0) is 30.3 Å². The molecule has 1 spiro atoms. The number of rotatable bonds is 2. The van der Waals surface area contributed by atoms with Crippen LogP contribution in [0.1, 0.15) is 22.3 Å². The van der Waals surface area contributed by atoms with E-state index >= 15 is 0 Å². The van der Waals surface area contributed by atoms with Crippen molar-refractivity contribution in [3.8, 4) is 5.75 Å². The number of urea groups is 1. The Kier molecular flexibility index (Phi) is 3.81. The number of hydrogen-bond donors (Lipinski definition) is 3.